The molecule has 0 atom stereocenters. The molecule has 3 heteroatoms. The van der Waals surface area contributed by atoms with Crippen molar-refractivity contribution in [2.45, 2.75) is 13.5 Å². The number of nitrogens with zero attached hydrogens (tertiary/aromatic N) is 1. The Morgan fingerprint density at radius 1 is 1.00 bits per heavy atom. The van der Waals surface area contributed by atoms with E-state index < -0.39 is 0 Å². The first-order chi connectivity index (χ1) is 11.2. The summed E-state index contributed by atoms with van der Waals surface area (Å²) < 4.78 is 14.1. The summed E-state index contributed by atoms with van der Waals surface area (Å²) in [6.07, 6.45) is 1.49. The Labute approximate surface area is 135 Å². The van der Waals surface area contributed by atoms with Crippen molar-refractivity contribution in [2.24, 2.45) is 0 Å². The Morgan fingerprint density at radius 2 is 1.61 bits per heavy atom. The molecule has 2 aromatic rings. The summed E-state index contributed by atoms with van der Waals surface area (Å²) in [7, 11) is 0. The molecule has 2 aromatic carbocycles. The van der Waals surface area contributed by atoms with Crippen LogP contribution in [0.15, 0.2) is 90.4 Å². The van der Waals surface area contributed by atoms with Crippen LogP contribution in [0.2, 0.25) is 0 Å². The number of rotatable bonds is 4. The standard InChI is InChI=1S/C20H18FNO/c1-15-13-19(21)16(2)22(20(15)18-11-7-4-8-12-18)23-14-17-9-5-3-6-10-17/h3-13H,2,14H2,1H3. The molecule has 0 fully saturated rings. The molecule has 2 nitrogen and oxygen atoms in total. The van der Waals surface area contributed by atoms with E-state index in [0.717, 1.165) is 22.4 Å². The number of hydrogen-bond donors (Lipinski definition) is 0. The number of hydrogen-bond acceptors (Lipinski definition) is 2. The summed E-state index contributed by atoms with van der Waals surface area (Å²) in [4.78, 5) is 5.88. The monoisotopic (exact) mass is 307 g/mol. The summed E-state index contributed by atoms with van der Waals surface area (Å²) in [5, 5.41) is 1.49. The second-order valence-electron chi connectivity index (χ2n) is 5.39. The largest absolute Gasteiger partial charge is 0.264 e. The number of hydroxylamine groups is 2. The van der Waals surface area contributed by atoms with Crippen molar-refractivity contribution >= 4 is 5.70 Å². The predicted molar refractivity (Wildman–Crippen MR) is 90.4 cm³/mol. The topological polar surface area (TPSA) is 12.5 Å². The van der Waals surface area contributed by atoms with Crippen molar-refractivity contribution in [1.29, 1.82) is 0 Å². The Kier molecular flexibility index (Phi) is 4.40. The van der Waals surface area contributed by atoms with Gasteiger partial charge in [-0.05, 0) is 24.1 Å². The van der Waals surface area contributed by atoms with Gasteiger partial charge in [-0.15, -0.1) is 0 Å². The second-order valence-corrected chi connectivity index (χ2v) is 5.39. The predicted octanol–water partition coefficient (Wildman–Crippen LogP) is 5.23. The lowest BCUT2D eigenvalue weighted by Crippen LogP contribution is -2.25. The smallest absolute Gasteiger partial charge is 0.149 e. The third-order valence-electron chi connectivity index (χ3n) is 3.69. The Hall–Kier alpha value is -2.65. The van der Waals surface area contributed by atoms with Gasteiger partial charge in [0.2, 0.25) is 0 Å². The maximum atomic E-state index is 14.1. The van der Waals surface area contributed by atoms with E-state index in [9.17, 15) is 4.39 Å². The van der Waals surface area contributed by atoms with Crippen molar-refractivity contribution in [3.05, 3.63) is 102 Å². The van der Waals surface area contributed by atoms with Gasteiger partial charge in [-0.1, -0.05) is 67.2 Å². The quantitative estimate of drug-likeness (QED) is 0.766. The van der Waals surface area contributed by atoms with Gasteiger partial charge < -0.3 is 0 Å². The lowest BCUT2D eigenvalue weighted by Gasteiger charge is -2.31. The Balaban J connectivity index is 1.92. The van der Waals surface area contributed by atoms with Gasteiger partial charge in [0.05, 0.1) is 11.4 Å². The van der Waals surface area contributed by atoms with Gasteiger partial charge in [-0.3, -0.25) is 4.84 Å². The average Bonchev–Trinajstić information content (AvgIpc) is 2.58. The van der Waals surface area contributed by atoms with Crippen LogP contribution in [0.4, 0.5) is 4.39 Å². The number of allylic oxidation sites excluding steroid dienone is 3. The summed E-state index contributed by atoms with van der Waals surface area (Å²) >= 11 is 0. The molecule has 0 saturated heterocycles. The van der Waals surface area contributed by atoms with Gasteiger partial charge in [-0.25, -0.2) is 9.45 Å². The lowest BCUT2D eigenvalue weighted by atomic mass is 10.0. The third-order valence-corrected chi connectivity index (χ3v) is 3.69. The molecule has 3 rings (SSSR count). The van der Waals surface area contributed by atoms with Crippen LogP contribution in [-0.4, -0.2) is 5.06 Å². The highest BCUT2D eigenvalue weighted by molar-refractivity contribution is 5.72. The average molecular weight is 307 g/mol. The van der Waals surface area contributed by atoms with E-state index in [0.29, 0.717) is 6.61 Å². The molecule has 23 heavy (non-hydrogen) atoms. The van der Waals surface area contributed by atoms with Gasteiger partial charge >= 0.3 is 0 Å². The van der Waals surface area contributed by atoms with Crippen LogP contribution in [0, 0.1) is 0 Å². The van der Waals surface area contributed by atoms with Crippen molar-refractivity contribution < 1.29 is 9.23 Å². The molecular weight excluding hydrogens is 289 g/mol. The molecule has 0 saturated carbocycles. The maximum Gasteiger partial charge on any atom is 0.149 e. The van der Waals surface area contributed by atoms with E-state index in [-0.39, 0.29) is 11.5 Å². The molecule has 0 radical (unpaired) electrons. The second kappa shape index (κ2) is 6.63. The number of halogens is 1. The zero-order valence-electron chi connectivity index (χ0n) is 13.0. The van der Waals surface area contributed by atoms with Crippen LogP contribution in [0.25, 0.3) is 5.70 Å². The molecule has 0 unspecified atom stereocenters. The van der Waals surface area contributed by atoms with E-state index in [2.05, 4.69) is 6.58 Å². The van der Waals surface area contributed by atoms with Gasteiger partial charge in [0.25, 0.3) is 0 Å². The fraction of sp³-hybridized carbons (Fsp3) is 0.100. The molecule has 0 bridgehead atoms. The van der Waals surface area contributed by atoms with E-state index in [1.165, 1.54) is 11.1 Å². The normalized spacial score (nSPS) is 15.0. The van der Waals surface area contributed by atoms with Crippen LogP contribution in [0.5, 0.6) is 0 Å². The van der Waals surface area contributed by atoms with Crippen molar-refractivity contribution in [2.75, 3.05) is 0 Å². The van der Waals surface area contributed by atoms with Crippen LogP contribution >= 0.6 is 0 Å². The highest BCUT2D eigenvalue weighted by atomic mass is 19.1. The fourth-order valence-electron chi connectivity index (χ4n) is 2.53. The zero-order chi connectivity index (χ0) is 16.2. The van der Waals surface area contributed by atoms with Gasteiger partial charge in [-0.2, -0.15) is 0 Å². The summed E-state index contributed by atoms with van der Waals surface area (Å²) in [6.45, 7) is 6.03. The Bertz CT molecular complexity index is 763. The fourth-order valence-corrected chi connectivity index (χ4v) is 2.53. The first kappa shape index (κ1) is 15.3. The third kappa shape index (κ3) is 3.25. The minimum Gasteiger partial charge on any atom is -0.264 e. The van der Waals surface area contributed by atoms with Crippen LogP contribution in [0.3, 0.4) is 0 Å². The van der Waals surface area contributed by atoms with Crippen LogP contribution in [0.1, 0.15) is 18.1 Å². The summed E-state index contributed by atoms with van der Waals surface area (Å²) in [5.41, 5.74) is 3.80. The van der Waals surface area contributed by atoms with E-state index in [1.807, 2.05) is 67.6 Å². The maximum absolute atomic E-state index is 14.1. The van der Waals surface area contributed by atoms with Gasteiger partial charge in [0.1, 0.15) is 12.4 Å². The molecule has 1 aliphatic rings. The first-order valence-corrected chi connectivity index (χ1v) is 7.46. The minimum atomic E-state index is -0.379. The highest BCUT2D eigenvalue weighted by Crippen LogP contribution is 2.35. The Morgan fingerprint density at radius 3 is 2.26 bits per heavy atom. The summed E-state index contributed by atoms with van der Waals surface area (Å²) in [6, 6.07) is 19.6. The molecule has 0 amide bonds. The first-order valence-electron chi connectivity index (χ1n) is 7.46. The molecule has 0 aromatic heterocycles. The van der Waals surface area contributed by atoms with Crippen LogP contribution in [-0.2, 0) is 11.4 Å². The van der Waals surface area contributed by atoms with E-state index in [1.54, 1.807) is 0 Å². The molecule has 0 spiro atoms. The molecule has 0 N–H and O–H groups in total. The van der Waals surface area contributed by atoms with Crippen LogP contribution < -0.4 is 0 Å². The van der Waals surface area contributed by atoms with Crippen molar-refractivity contribution in [1.82, 2.24) is 5.06 Å². The van der Waals surface area contributed by atoms with Crippen molar-refractivity contribution in [3.8, 4) is 0 Å². The van der Waals surface area contributed by atoms with Gasteiger partial charge in [0.15, 0.2) is 0 Å². The molecule has 0 aliphatic carbocycles. The minimum absolute atomic E-state index is 0.213. The van der Waals surface area contributed by atoms with Gasteiger partial charge in [0, 0.05) is 5.56 Å². The number of benzene rings is 2. The SMILES string of the molecule is C=C1C(F)=CC(C)=C(c2ccccc2)N1OCc1ccccc1. The molecule has 1 aliphatic heterocycles. The highest BCUT2D eigenvalue weighted by Gasteiger charge is 2.25. The summed E-state index contributed by atoms with van der Waals surface area (Å²) in [5.74, 6) is -0.379. The lowest BCUT2D eigenvalue weighted by molar-refractivity contribution is -0.0944. The molecule has 1 heterocycles. The molecule has 116 valence electrons. The van der Waals surface area contributed by atoms with E-state index >= 15 is 0 Å². The van der Waals surface area contributed by atoms with Crippen molar-refractivity contribution in [3.63, 3.8) is 0 Å². The molecular formula is C20H18FNO. The van der Waals surface area contributed by atoms with E-state index in [4.69, 9.17) is 4.84 Å². The zero-order valence-corrected chi connectivity index (χ0v) is 13.0.